The number of rotatable bonds is 6. The summed E-state index contributed by atoms with van der Waals surface area (Å²) >= 11 is 0. The first kappa shape index (κ1) is 22.7. The predicted molar refractivity (Wildman–Crippen MR) is 131 cm³/mol. The Labute approximate surface area is 203 Å². The number of fused-ring (bicyclic) bond motifs is 3. The van der Waals surface area contributed by atoms with Crippen LogP contribution in [0.2, 0.25) is 0 Å². The van der Waals surface area contributed by atoms with Gasteiger partial charge in [0.15, 0.2) is 0 Å². The molecule has 0 spiro atoms. The van der Waals surface area contributed by atoms with Gasteiger partial charge in [-0.2, -0.15) is 0 Å². The maximum absolute atomic E-state index is 12.8. The van der Waals surface area contributed by atoms with E-state index in [0.29, 0.717) is 24.2 Å². The molecule has 3 aromatic rings. The van der Waals surface area contributed by atoms with E-state index in [2.05, 4.69) is 29.6 Å². The number of hydrogen-bond acceptors (Lipinski definition) is 4. The fourth-order valence-electron chi connectivity index (χ4n) is 5.13. The number of carboxylic acid groups (broad SMARTS) is 1. The molecule has 2 aliphatic rings. The molecule has 0 saturated carbocycles. The van der Waals surface area contributed by atoms with E-state index in [-0.39, 0.29) is 30.9 Å². The number of carbonyl (C=O) groups is 3. The van der Waals surface area contributed by atoms with Crippen LogP contribution in [0.4, 0.5) is 10.5 Å². The number of hydrogen-bond donors (Lipinski definition) is 2. The van der Waals surface area contributed by atoms with Gasteiger partial charge >= 0.3 is 12.1 Å². The Hall–Kier alpha value is -4.13. The summed E-state index contributed by atoms with van der Waals surface area (Å²) in [5, 5.41) is 11.8. The molecule has 1 saturated heterocycles. The standard InChI is InChI=1S/C28H26N2O5/c31-26(32)16-20-6-5-15-30(20)27(33)18-11-13-19(14-12-18)29-28(34)35-17-25-23-9-3-1-7-21(23)22-8-2-4-10-24(22)25/h1-4,7-14,20,25H,5-6,15-17H2,(H,29,34)(H,31,32). The van der Waals surface area contributed by atoms with Crippen LogP contribution < -0.4 is 5.32 Å². The van der Waals surface area contributed by atoms with Crippen LogP contribution >= 0.6 is 0 Å². The van der Waals surface area contributed by atoms with Gasteiger partial charge in [-0.25, -0.2) is 4.79 Å². The SMILES string of the molecule is O=C(O)CC1CCCN1C(=O)c1ccc(NC(=O)OCC2c3ccccc3-c3ccccc32)cc1. The number of likely N-dealkylation sites (tertiary alicyclic amines) is 1. The molecule has 0 bridgehead atoms. The lowest BCUT2D eigenvalue weighted by Crippen LogP contribution is -2.36. The third-order valence-corrected chi connectivity index (χ3v) is 6.77. The average molecular weight is 471 g/mol. The van der Waals surface area contributed by atoms with Crippen LogP contribution in [0.1, 0.15) is 46.7 Å². The first-order valence-electron chi connectivity index (χ1n) is 11.8. The van der Waals surface area contributed by atoms with Crippen LogP contribution in [-0.2, 0) is 9.53 Å². The van der Waals surface area contributed by atoms with E-state index in [9.17, 15) is 14.4 Å². The summed E-state index contributed by atoms with van der Waals surface area (Å²) < 4.78 is 5.57. The van der Waals surface area contributed by atoms with Crippen molar-refractivity contribution in [3.05, 3.63) is 89.5 Å². The van der Waals surface area contributed by atoms with Crippen LogP contribution in [0.15, 0.2) is 72.8 Å². The van der Waals surface area contributed by atoms with Crippen LogP contribution in [0.25, 0.3) is 11.1 Å². The highest BCUT2D eigenvalue weighted by Gasteiger charge is 2.31. The van der Waals surface area contributed by atoms with E-state index in [0.717, 1.165) is 17.5 Å². The molecule has 1 aliphatic heterocycles. The van der Waals surface area contributed by atoms with Crippen molar-refractivity contribution in [3.8, 4) is 11.1 Å². The molecule has 1 aliphatic carbocycles. The molecule has 3 aromatic carbocycles. The monoisotopic (exact) mass is 470 g/mol. The minimum absolute atomic E-state index is 0.0210. The smallest absolute Gasteiger partial charge is 0.411 e. The maximum atomic E-state index is 12.8. The van der Waals surface area contributed by atoms with Gasteiger partial charge in [0.25, 0.3) is 5.91 Å². The highest BCUT2D eigenvalue weighted by molar-refractivity contribution is 5.95. The van der Waals surface area contributed by atoms with Crippen molar-refractivity contribution in [1.82, 2.24) is 4.90 Å². The third-order valence-electron chi connectivity index (χ3n) is 6.77. The number of carbonyl (C=O) groups excluding carboxylic acids is 2. The van der Waals surface area contributed by atoms with Gasteiger partial charge in [0.05, 0.1) is 6.42 Å². The molecule has 2 N–H and O–H groups in total. The summed E-state index contributed by atoms with van der Waals surface area (Å²) in [7, 11) is 0. The van der Waals surface area contributed by atoms with Gasteiger partial charge in [-0.3, -0.25) is 14.9 Å². The second-order valence-corrected chi connectivity index (χ2v) is 8.92. The Bertz CT molecular complexity index is 1220. The molecule has 1 heterocycles. The van der Waals surface area contributed by atoms with Crippen LogP contribution in [-0.4, -0.2) is 47.2 Å². The average Bonchev–Trinajstić information content (AvgIpc) is 3.45. The summed E-state index contributed by atoms with van der Waals surface area (Å²) in [6.07, 6.45) is 0.879. The molecule has 7 nitrogen and oxygen atoms in total. The molecule has 0 radical (unpaired) electrons. The Morgan fingerprint density at radius 1 is 0.914 bits per heavy atom. The molecule has 178 valence electrons. The second kappa shape index (κ2) is 9.62. The van der Waals surface area contributed by atoms with E-state index < -0.39 is 12.1 Å². The lowest BCUT2D eigenvalue weighted by Gasteiger charge is -2.23. The zero-order valence-electron chi connectivity index (χ0n) is 19.1. The van der Waals surface area contributed by atoms with Gasteiger partial charge in [-0.05, 0) is 59.4 Å². The van der Waals surface area contributed by atoms with Crippen LogP contribution in [0, 0.1) is 0 Å². The van der Waals surface area contributed by atoms with Gasteiger partial charge in [0, 0.05) is 29.8 Å². The number of carboxylic acids is 1. The van der Waals surface area contributed by atoms with E-state index in [1.165, 1.54) is 11.1 Å². The van der Waals surface area contributed by atoms with Gasteiger partial charge in [-0.1, -0.05) is 48.5 Å². The highest BCUT2D eigenvalue weighted by Crippen LogP contribution is 2.44. The van der Waals surface area contributed by atoms with Crippen LogP contribution in [0.5, 0.6) is 0 Å². The highest BCUT2D eigenvalue weighted by atomic mass is 16.5. The van der Waals surface area contributed by atoms with Crippen LogP contribution in [0.3, 0.4) is 0 Å². The van der Waals surface area contributed by atoms with Gasteiger partial charge in [0.2, 0.25) is 0 Å². The number of benzene rings is 3. The van der Waals surface area contributed by atoms with Gasteiger partial charge in [-0.15, -0.1) is 0 Å². The lowest BCUT2D eigenvalue weighted by molar-refractivity contribution is -0.137. The fourth-order valence-corrected chi connectivity index (χ4v) is 5.13. The van der Waals surface area contributed by atoms with Crippen molar-refractivity contribution in [1.29, 1.82) is 0 Å². The normalized spacial score (nSPS) is 16.5. The van der Waals surface area contributed by atoms with Crippen molar-refractivity contribution < 1.29 is 24.2 Å². The molecule has 0 aromatic heterocycles. The third kappa shape index (κ3) is 4.62. The molecule has 1 atom stereocenters. The topological polar surface area (TPSA) is 95.9 Å². The Morgan fingerprint density at radius 3 is 2.17 bits per heavy atom. The second-order valence-electron chi connectivity index (χ2n) is 8.92. The van der Waals surface area contributed by atoms with Crippen molar-refractivity contribution in [2.24, 2.45) is 0 Å². The predicted octanol–water partition coefficient (Wildman–Crippen LogP) is 5.13. The fraction of sp³-hybridized carbons (Fsp3) is 0.250. The Balaban J connectivity index is 1.20. The Morgan fingerprint density at radius 2 is 1.54 bits per heavy atom. The summed E-state index contributed by atoms with van der Waals surface area (Å²) in [5.41, 5.74) is 5.60. The van der Waals surface area contributed by atoms with E-state index in [4.69, 9.17) is 9.84 Å². The van der Waals surface area contributed by atoms with Gasteiger partial charge in [0.1, 0.15) is 6.61 Å². The van der Waals surface area contributed by atoms with Crippen molar-refractivity contribution in [2.45, 2.75) is 31.2 Å². The number of amides is 2. The number of nitrogens with zero attached hydrogens (tertiary/aromatic N) is 1. The molecular formula is C28H26N2O5. The Kier molecular flexibility index (Phi) is 6.23. The first-order valence-corrected chi connectivity index (χ1v) is 11.8. The molecule has 2 amide bonds. The quantitative estimate of drug-likeness (QED) is 0.521. The van der Waals surface area contributed by atoms with Crippen molar-refractivity contribution in [2.75, 3.05) is 18.5 Å². The molecule has 35 heavy (non-hydrogen) atoms. The zero-order chi connectivity index (χ0) is 24.4. The lowest BCUT2D eigenvalue weighted by atomic mass is 9.98. The molecule has 1 unspecified atom stereocenters. The molecule has 5 rings (SSSR count). The summed E-state index contributed by atoms with van der Waals surface area (Å²) in [5.74, 6) is -1.12. The largest absolute Gasteiger partial charge is 0.481 e. The first-order chi connectivity index (χ1) is 17.0. The number of ether oxygens (including phenoxy) is 1. The number of aliphatic carboxylic acids is 1. The van der Waals surface area contributed by atoms with Crippen molar-refractivity contribution >= 4 is 23.7 Å². The van der Waals surface area contributed by atoms with Crippen molar-refractivity contribution in [3.63, 3.8) is 0 Å². The minimum Gasteiger partial charge on any atom is -0.481 e. The molecule has 1 fully saturated rings. The van der Waals surface area contributed by atoms with E-state index in [1.807, 2.05) is 24.3 Å². The van der Waals surface area contributed by atoms with E-state index in [1.54, 1.807) is 29.2 Å². The summed E-state index contributed by atoms with van der Waals surface area (Å²) in [4.78, 5) is 38.1. The van der Waals surface area contributed by atoms with E-state index >= 15 is 0 Å². The summed E-state index contributed by atoms with van der Waals surface area (Å²) in [6, 6.07) is 22.6. The minimum atomic E-state index is -0.905. The van der Waals surface area contributed by atoms with Gasteiger partial charge < -0.3 is 14.7 Å². The summed E-state index contributed by atoms with van der Waals surface area (Å²) in [6.45, 7) is 0.771. The zero-order valence-corrected chi connectivity index (χ0v) is 19.1. The molecule has 7 heteroatoms. The number of nitrogens with one attached hydrogen (secondary N) is 1. The maximum Gasteiger partial charge on any atom is 0.411 e. The molecular weight excluding hydrogens is 444 g/mol. The number of anilines is 1.